The van der Waals surface area contributed by atoms with Crippen LogP contribution in [0.3, 0.4) is 0 Å². The minimum absolute atomic E-state index is 0.0908. The fourth-order valence-corrected chi connectivity index (χ4v) is 3.84. The molecule has 1 fully saturated rings. The van der Waals surface area contributed by atoms with Crippen molar-refractivity contribution in [3.05, 3.63) is 52.1 Å². The van der Waals surface area contributed by atoms with Crippen molar-refractivity contribution in [3.63, 3.8) is 0 Å². The number of nitrogens with zero attached hydrogens (tertiary/aromatic N) is 4. The lowest BCUT2D eigenvalue weighted by atomic mass is 9.97. The summed E-state index contributed by atoms with van der Waals surface area (Å²) in [6, 6.07) is 8.49. The maximum atomic E-state index is 12.9. The highest BCUT2D eigenvalue weighted by Gasteiger charge is 2.18. The van der Waals surface area contributed by atoms with E-state index in [4.69, 9.17) is 0 Å². The second-order valence-electron chi connectivity index (χ2n) is 7.41. The second kappa shape index (κ2) is 7.03. The van der Waals surface area contributed by atoms with Gasteiger partial charge in [0.2, 0.25) is 5.78 Å². The number of hydrogen-bond donors (Lipinski definition) is 1. The highest BCUT2D eigenvalue weighted by Crippen LogP contribution is 2.26. The highest BCUT2D eigenvalue weighted by atomic mass is 16.1. The summed E-state index contributed by atoms with van der Waals surface area (Å²) in [4.78, 5) is 22.9. The molecule has 0 spiro atoms. The van der Waals surface area contributed by atoms with Crippen LogP contribution in [0.4, 0.5) is 0 Å². The predicted octanol–water partition coefficient (Wildman–Crippen LogP) is 3.19. The van der Waals surface area contributed by atoms with Gasteiger partial charge in [-0.25, -0.2) is 0 Å². The smallest absolute Gasteiger partial charge is 0.279 e. The Morgan fingerprint density at radius 2 is 2.00 bits per heavy atom. The monoisotopic (exact) mass is 351 g/mol. The molecule has 0 unspecified atom stereocenters. The number of benzene rings is 1. The molecule has 1 aromatic carbocycles. The molecule has 6 nitrogen and oxygen atoms in total. The second-order valence-corrected chi connectivity index (χ2v) is 7.41. The van der Waals surface area contributed by atoms with Gasteiger partial charge in [0, 0.05) is 12.1 Å². The quantitative estimate of drug-likeness (QED) is 0.784. The van der Waals surface area contributed by atoms with Gasteiger partial charge in [0.25, 0.3) is 5.56 Å². The van der Waals surface area contributed by atoms with Crippen molar-refractivity contribution in [2.45, 2.75) is 45.6 Å². The number of aromatic nitrogens is 4. The lowest BCUT2D eigenvalue weighted by Crippen LogP contribution is -2.29. The van der Waals surface area contributed by atoms with Crippen molar-refractivity contribution in [3.8, 4) is 11.3 Å². The summed E-state index contributed by atoms with van der Waals surface area (Å²) < 4.78 is 1.34. The molecule has 0 aliphatic carbocycles. The molecule has 4 rings (SSSR count). The SMILES string of the molecule is CC(C)c1c(-c2cccc(CN3CCCCC3)c2)[nH]c2ncnn2c1=O. The Morgan fingerprint density at radius 3 is 2.77 bits per heavy atom. The van der Waals surface area contributed by atoms with Crippen LogP contribution < -0.4 is 5.56 Å². The third-order valence-corrected chi connectivity index (χ3v) is 5.12. The van der Waals surface area contributed by atoms with E-state index in [1.54, 1.807) is 0 Å². The van der Waals surface area contributed by atoms with E-state index in [9.17, 15) is 4.79 Å². The van der Waals surface area contributed by atoms with Crippen molar-refractivity contribution in [1.29, 1.82) is 0 Å². The van der Waals surface area contributed by atoms with E-state index in [-0.39, 0.29) is 11.5 Å². The summed E-state index contributed by atoms with van der Waals surface area (Å²) in [5.74, 6) is 0.573. The molecule has 1 N–H and O–H groups in total. The number of nitrogens with one attached hydrogen (secondary N) is 1. The first-order chi connectivity index (χ1) is 12.6. The normalized spacial score (nSPS) is 15.8. The molecule has 136 valence electrons. The first-order valence-electron chi connectivity index (χ1n) is 9.41. The molecule has 0 atom stereocenters. The third kappa shape index (κ3) is 3.17. The van der Waals surface area contributed by atoms with Crippen LogP contribution in [0.15, 0.2) is 35.4 Å². The summed E-state index contributed by atoms with van der Waals surface area (Å²) >= 11 is 0. The summed E-state index contributed by atoms with van der Waals surface area (Å²) in [6.07, 6.45) is 5.32. The van der Waals surface area contributed by atoms with E-state index in [0.29, 0.717) is 5.78 Å². The molecule has 3 aromatic rings. The zero-order valence-electron chi connectivity index (χ0n) is 15.4. The maximum Gasteiger partial charge on any atom is 0.279 e. The molecule has 0 radical (unpaired) electrons. The average molecular weight is 351 g/mol. The molecule has 6 heteroatoms. The number of likely N-dealkylation sites (tertiary alicyclic amines) is 1. The van der Waals surface area contributed by atoms with Crippen LogP contribution in [0.5, 0.6) is 0 Å². The fraction of sp³-hybridized carbons (Fsp3) is 0.450. The van der Waals surface area contributed by atoms with Crippen molar-refractivity contribution < 1.29 is 0 Å². The summed E-state index contributed by atoms with van der Waals surface area (Å²) in [5.41, 5.74) is 3.82. The first-order valence-corrected chi connectivity index (χ1v) is 9.41. The Hall–Kier alpha value is -2.47. The number of aromatic amines is 1. The molecule has 2 aromatic heterocycles. The zero-order valence-corrected chi connectivity index (χ0v) is 15.4. The molecule has 1 saturated heterocycles. The van der Waals surface area contributed by atoms with Crippen molar-refractivity contribution in [1.82, 2.24) is 24.5 Å². The van der Waals surface area contributed by atoms with Gasteiger partial charge in [-0.05, 0) is 49.0 Å². The molecule has 26 heavy (non-hydrogen) atoms. The minimum Gasteiger partial charge on any atom is -0.323 e. The van der Waals surface area contributed by atoms with Gasteiger partial charge in [0.15, 0.2) is 0 Å². The lowest BCUT2D eigenvalue weighted by Gasteiger charge is -2.26. The van der Waals surface area contributed by atoms with Crippen molar-refractivity contribution >= 4 is 5.78 Å². The van der Waals surface area contributed by atoms with Crippen LogP contribution in [0.1, 0.15) is 50.2 Å². The van der Waals surface area contributed by atoms with E-state index in [1.165, 1.54) is 48.8 Å². The zero-order chi connectivity index (χ0) is 18.1. The predicted molar refractivity (Wildman–Crippen MR) is 102 cm³/mol. The Balaban J connectivity index is 1.76. The average Bonchev–Trinajstić information content (AvgIpc) is 3.11. The number of piperidine rings is 1. The van der Waals surface area contributed by atoms with E-state index in [2.05, 4.69) is 44.2 Å². The Bertz CT molecular complexity index is 966. The van der Waals surface area contributed by atoms with Crippen molar-refractivity contribution in [2.24, 2.45) is 0 Å². The van der Waals surface area contributed by atoms with Gasteiger partial charge in [0.05, 0.1) is 5.69 Å². The molecule has 3 heterocycles. The summed E-state index contributed by atoms with van der Waals surface area (Å²) in [7, 11) is 0. The standard InChI is InChI=1S/C20H25N5O/c1-14(2)17-18(23-20-21-13-22-25(20)19(17)26)16-8-6-7-15(11-16)12-24-9-4-3-5-10-24/h6-8,11,13-14H,3-5,9-10,12H2,1-2H3,(H,21,22,23). The summed E-state index contributed by atoms with van der Waals surface area (Å²) in [6.45, 7) is 7.37. The van der Waals surface area contributed by atoms with Gasteiger partial charge >= 0.3 is 0 Å². The number of rotatable bonds is 4. The van der Waals surface area contributed by atoms with Gasteiger partial charge in [0.1, 0.15) is 6.33 Å². The van der Waals surface area contributed by atoms with Crippen LogP contribution in [0, 0.1) is 0 Å². The van der Waals surface area contributed by atoms with Crippen LogP contribution in [-0.2, 0) is 6.54 Å². The van der Waals surface area contributed by atoms with Gasteiger partial charge in [-0.2, -0.15) is 14.6 Å². The molecule has 1 aliphatic rings. The molecule has 0 amide bonds. The summed E-state index contributed by atoms with van der Waals surface area (Å²) in [5, 5.41) is 4.05. The topological polar surface area (TPSA) is 66.3 Å². The number of H-pyrrole nitrogens is 1. The first kappa shape index (κ1) is 17.0. The van der Waals surface area contributed by atoms with E-state index >= 15 is 0 Å². The number of hydrogen-bond acceptors (Lipinski definition) is 4. The Kier molecular flexibility index (Phi) is 4.59. The molecule has 0 saturated carbocycles. The van der Waals surface area contributed by atoms with E-state index < -0.39 is 0 Å². The molecule has 0 bridgehead atoms. The Labute approximate surface area is 152 Å². The van der Waals surface area contributed by atoms with Gasteiger partial charge in [-0.3, -0.25) is 9.69 Å². The fourth-order valence-electron chi connectivity index (χ4n) is 3.84. The molecular formula is C20H25N5O. The van der Waals surface area contributed by atoms with Crippen molar-refractivity contribution in [2.75, 3.05) is 13.1 Å². The third-order valence-electron chi connectivity index (χ3n) is 5.12. The Morgan fingerprint density at radius 1 is 1.19 bits per heavy atom. The largest absolute Gasteiger partial charge is 0.323 e. The molecule has 1 aliphatic heterocycles. The van der Waals surface area contributed by atoms with Crippen LogP contribution in [0.25, 0.3) is 17.0 Å². The van der Waals surface area contributed by atoms with Crippen LogP contribution >= 0.6 is 0 Å². The maximum absolute atomic E-state index is 12.9. The van der Waals surface area contributed by atoms with Gasteiger partial charge in [-0.15, -0.1) is 0 Å². The van der Waals surface area contributed by atoms with Crippen LogP contribution in [-0.4, -0.2) is 37.6 Å². The van der Waals surface area contributed by atoms with Crippen LogP contribution in [0.2, 0.25) is 0 Å². The lowest BCUT2D eigenvalue weighted by molar-refractivity contribution is 0.221. The van der Waals surface area contributed by atoms with E-state index in [0.717, 1.165) is 23.4 Å². The molecular weight excluding hydrogens is 326 g/mol. The van der Waals surface area contributed by atoms with Gasteiger partial charge in [-0.1, -0.05) is 38.5 Å². The minimum atomic E-state index is -0.0947. The number of fused-ring (bicyclic) bond motifs is 1. The van der Waals surface area contributed by atoms with Gasteiger partial charge < -0.3 is 4.98 Å². The highest BCUT2D eigenvalue weighted by molar-refractivity contribution is 5.65. The van der Waals surface area contributed by atoms with E-state index in [1.807, 2.05) is 13.8 Å².